The third-order valence-electron chi connectivity index (χ3n) is 5.57. The number of rotatable bonds is 9. The Bertz CT molecular complexity index is 1060. The standard InChI is InChI=1S/C26H27NO6/c1-17(16-21(28)23-24(29)22(32-3)14-15-27-23)25(30)33-18(2)26(31,19-10-6-4-7-11-19)20-12-8-5-9-13-20/h4-15,17-18,29,31H,16H2,1-3H3/t17-,18+/m1/s1. The van der Waals surface area contributed by atoms with Crippen LogP contribution < -0.4 is 4.74 Å². The molecule has 0 amide bonds. The number of carbonyl (C=O) groups is 2. The number of methoxy groups -OCH3 is 1. The molecule has 0 radical (unpaired) electrons. The third kappa shape index (κ3) is 5.04. The first kappa shape index (κ1) is 23.9. The van der Waals surface area contributed by atoms with E-state index in [1.807, 2.05) is 12.1 Å². The van der Waals surface area contributed by atoms with Crippen LogP contribution in [0, 0.1) is 5.92 Å². The lowest BCUT2D eigenvalue weighted by Gasteiger charge is -2.35. The molecule has 0 spiro atoms. The molecule has 7 heteroatoms. The van der Waals surface area contributed by atoms with Gasteiger partial charge in [-0.25, -0.2) is 4.98 Å². The van der Waals surface area contributed by atoms with Gasteiger partial charge in [0.15, 0.2) is 28.6 Å². The molecule has 33 heavy (non-hydrogen) atoms. The van der Waals surface area contributed by atoms with Crippen molar-refractivity contribution in [3.63, 3.8) is 0 Å². The van der Waals surface area contributed by atoms with E-state index in [0.717, 1.165) is 0 Å². The van der Waals surface area contributed by atoms with Gasteiger partial charge in [0.1, 0.15) is 6.10 Å². The number of Topliss-reactive ketones (excluding diaryl/α,β-unsaturated/α-hetero) is 1. The number of aromatic hydroxyl groups is 1. The topological polar surface area (TPSA) is 106 Å². The molecule has 0 aliphatic carbocycles. The van der Waals surface area contributed by atoms with E-state index in [-0.39, 0.29) is 23.6 Å². The van der Waals surface area contributed by atoms with Gasteiger partial charge in [0.25, 0.3) is 0 Å². The Kier molecular flexibility index (Phi) is 7.45. The highest BCUT2D eigenvalue weighted by Crippen LogP contribution is 2.35. The molecular formula is C26H27NO6. The minimum absolute atomic E-state index is 0.119. The van der Waals surface area contributed by atoms with E-state index >= 15 is 0 Å². The molecule has 3 aromatic rings. The van der Waals surface area contributed by atoms with Crippen LogP contribution in [-0.4, -0.2) is 40.2 Å². The minimum Gasteiger partial charge on any atom is -0.503 e. The molecule has 0 aliphatic rings. The second kappa shape index (κ2) is 10.3. The lowest BCUT2D eigenvalue weighted by molar-refractivity contribution is -0.164. The molecule has 7 nitrogen and oxygen atoms in total. The maximum atomic E-state index is 12.8. The first-order valence-electron chi connectivity index (χ1n) is 10.6. The highest BCUT2D eigenvalue weighted by atomic mass is 16.6. The molecule has 0 saturated carbocycles. The van der Waals surface area contributed by atoms with E-state index < -0.39 is 29.4 Å². The van der Waals surface area contributed by atoms with Crippen LogP contribution in [0.25, 0.3) is 0 Å². The van der Waals surface area contributed by atoms with Crippen molar-refractivity contribution in [2.24, 2.45) is 5.92 Å². The summed E-state index contributed by atoms with van der Waals surface area (Å²) in [6, 6.07) is 19.4. The number of hydrogen-bond donors (Lipinski definition) is 2. The summed E-state index contributed by atoms with van der Waals surface area (Å²) in [5.41, 5.74) is -0.613. The number of nitrogens with zero attached hydrogens (tertiary/aromatic N) is 1. The molecule has 172 valence electrons. The van der Waals surface area contributed by atoms with Gasteiger partial charge in [-0.2, -0.15) is 0 Å². The monoisotopic (exact) mass is 449 g/mol. The van der Waals surface area contributed by atoms with E-state index in [4.69, 9.17) is 9.47 Å². The Balaban J connectivity index is 1.78. The normalized spacial score (nSPS) is 13.1. The van der Waals surface area contributed by atoms with Crippen molar-refractivity contribution in [1.29, 1.82) is 0 Å². The Labute approximate surface area is 192 Å². The van der Waals surface area contributed by atoms with E-state index in [1.165, 1.54) is 19.4 Å². The summed E-state index contributed by atoms with van der Waals surface area (Å²) in [6.45, 7) is 3.16. The molecule has 2 aromatic carbocycles. The fourth-order valence-corrected chi connectivity index (χ4v) is 3.66. The smallest absolute Gasteiger partial charge is 0.309 e. The number of carbonyl (C=O) groups excluding carboxylic acids is 2. The van der Waals surface area contributed by atoms with Gasteiger partial charge in [0.2, 0.25) is 0 Å². The number of aliphatic hydroxyl groups is 1. The number of pyridine rings is 1. The molecule has 0 saturated heterocycles. The van der Waals surface area contributed by atoms with Gasteiger partial charge in [0, 0.05) is 18.7 Å². The van der Waals surface area contributed by atoms with Crippen molar-refractivity contribution in [2.45, 2.75) is 32.0 Å². The summed E-state index contributed by atoms with van der Waals surface area (Å²) < 4.78 is 10.7. The average Bonchev–Trinajstić information content (AvgIpc) is 2.84. The van der Waals surface area contributed by atoms with E-state index in [2.05, 4.69) is 4.98 Å². The second-order valence-corrected chi connectivity index (χ2v) is 7.82. The predicted molar refractivity (Wildman–Crippen MR) is 122 cm³/mol. The molecule has 3 rings (SSSR count). The van der Waals surface area contributed by atoms with Gasteiger partial charge in [-0.1, -0.05) is 67.6 Å². The Morgan fingerprint density at radius 3 is 2.03 bits per heavy atom. The van der Waals surface area contributed by atoms with Gasteiger partial charge < -0.3 is 19.7 Å². The van der Waals surface area contributed by atoms with Crippen LogP contribution in [0.4, 0.5) is 0 Å². The summed E-state index contributed by atoms with van der Waals surface area (Å²) >= 11 is 0. The number of ether oxygens (including phenoxy) is 2. The number of ketones is 1. The van der Waals surface area contributed by atoms with Crippen LogP contribution in [0.15, 0.2) is 72.9 Å². The van der Waals surface area contributed by atoms with Gasteiger partial charge in [-0.15, -0.1) is 0 Å². The summed E-state index contributed by atoms with van der Waals surface area (Å²) in [7, 11) is 1.37. The van der Waals surface area contributed by atoms with Crippen molar-refractivity contribution in [3.05, 3.63) is 89.7 Å². The van der Waals surface area contributed by atoms with Crippen LogP contribution in [0.1, 0.15) is 41.9 Å². The Morgan fingerprint density at radius 2 is 1.52 bits per heavy atom. The lowest BCUT2D eigenvalue weighted by atomic mass is 9.82. The largest absolute Gasteiger partial charge is 0.503 e. The fraction of sp³-hybridized carbons (Fsp3) is 0.269. The molecule has 2 N–H and O–H groups in total. The summed E-state index contributed by atoms with van der Waals surface area (Å²) in [6.07, 6.45) is 0.168. The molecule has 1 aromatic heterocycles. The average molecular weight is 450 g/mol. The van der Waals surface area contributed by atoms with Crippen LogP contribution in [0.2, 0.25) is 0 Å². The highest BCUT2D eigenvalue weighted by Gasteiger charge is 2.40. The van der Waals surface area contributed by atoms with E-state index in [9.17, 15) is 19.8 Å². The molecular weight excluding hydrogens is 422 g/mol. The van der Waals surface area contributed by atoms with Crippen molar-refractivity contribution in [2.75, 3.05) is 7.11 Å². The molecule has 1 heterocycles. The van der Waals surface area contributed by atoms with Crippen LogP contribution >= 0.6 is 0 Å². The quantitative estimate of drug-likeness (QED) is 0.377. The first-order valence-corrected chi connectivity index (χ1v) is 10.6. The Hall–Kier alpha value is -3.71. The second-order valence-electron chi connectivity index (χ2n) is 7.82. The van der Waals surface area contributed by atoms with Crippen molar-refractivity contribution in [3.8, 4) is 11.5 Å². The Morgan fingerprint density at radius 1 is 0.970 bits per heavy atom. The fourth-order valence-electron chi connectivity index (χ4n) is 3.66. The first-order chi connectivity index (χ1) is 15.8. The van der Waals surface area contributed by atoms with E-state index in [1.54, 1.807) is 62.4 Å². The number of benzene rings is 2. The maximum Gasteiger partial charge on any atom is 0.309 e. The third-order valence-corrected chi connectivity index (χ3v) is 5.57. The van der Waals surface area contributed by atoms with Crippen molar-refractivity contribution >= 4 is 11.8 Å². The van der Waals surface area contributed by atoms with Gasteiger partial charge in [-0.05, 0) is 18.1 Å². The van der Waals surface area contributed by atoms with E-state index in [0.29, 0.717) is 11.1 Å². The van der Waals surface area contributed by atoms with Gasteiger partial charge >= 0.3 is 5.97 Å². The molecule has 0 unspecified atom stereocenters. The van der Waals surface area contributed by atoms with Crippen LogP contribution in [0.5, 0.6) is 11.5 Å². The minimum atomic E-state index is -1.59. The number of aromatic nitrogens is 1. The zero-order valence-electron chi connectivity index (χ0n) is 18.8. The number of hydrogen-bond acceptors (Lipinski definition) is 7. The van der Waals surface area contributed by atoms with Gasteiger partial charge in [-0.3, -0.25) is 9.59 Å². The maximum absolute atomic E-state index is 12.8. The zero-order chi connectivity index (χ0) is 24.0. The SMILES string of the molecule is COc1ccnc(C(=O)C[C@@H](C)C(=O)O[C@@H](C)C(O)(c2ccccc2)c2ccccc2)c1O. The number of esters is 1. The summed E-state index contributed by atoms with van der Waals surface area (Å²) in [4.78, 5) is 29.4. The zero-order valence-corrected chi connectivity index (χ0v) is 18.8. The van der Waals surface area contributed by atoms with Crippen LogP contribution in [0.3, 0.4) is 0 Å². The molecule has 2 atom stereocenters. The van der Waals surface area contributed by atoms with Gasteiger partial charge in [0.05, 0.1) is 13.0 Å². The molecule has 0 aliphatic heterocycles. The predicted octanol–water partition coefficient (Wildman–Crippen LogP) is 3.87. The highest BCUT2D eigenvalue weighted by molar-refractivity contribution is 5.99. The molecule has 0 bridgehead atoms. The lowest BCUT2D eigenvalue weighted by Crippen LogP contribution is -2.42. The van der Waals surface area contributed by atoms with Crippen molar-refractivity contribution in [1.82, 2.24) is 4.98 Å². The summed E-state index contributed by atoms with van der Waals surface area (Å²) in [5.74, 6) is -2.26. The molecule has 0 fully saturated rings. The van der Waals surface area contributed by atoms with Crippen molar-refractivity contribution < 1.29 is 29.3 Å². The van der Waals surface area contributed by atoms with Crippen LogP contribution in [-0.2, 0) is 15.1 Å². The summed E-state index contributed by atoms with van der Waals surface area (Å²) in [5, 5.41) is 21.9.